The van der Waals surface area contributed by atoms with Gasteiger partial charge in [0, 0.05) is 47.8 Å². The predicted octanol–water partition coefficient (Wildman–Crippen LogP) is 4.75. The zero-order chi connectivity index (χ0) is 29.6. The van der Waals surface area contributed by atoms with Crippen LogP contribution in [-0.4, -0.2) is 62.9 Å². The number of likely N-dealkylation sites (tertiary alicyclic amines) is 1. The molecular weight excluding hydrogens is 605 g/mol. The van der Waals surface area contributed by atoms with E-state index in [2.05, 4.69) is 49.3 Å². The highest BCUT2D eigenvalue weighted by atomic mass is 32.2. The molecule has 0 amide bonds. The summed E-state index contributed by atoms with van der Waals surface area (Å²) >= 11 is 2.21. The Hall–Kier alpha value is -4.37. The van der Waals surface area contributed by atoms with Gasteiger partial charge in [0.15, 0.2) is 10.8 Å². The molecule has 0 radical (unpaired) electrons. The lowest BCUT2D eigenvalue weighted by molar-refractivity contribution is 0.411. The molecule has 216 valence electrons. The van der Waals surface area contributed by atoms with E-state index < -0.39 is 15.4 Å². The Morgan fingerprint density at radius 3 is 2.53 bits per heavy atom. The lowest BCUT2D eigenvalue weighted by Crippen LogP contribution is -2.21. The third-order valence-corrected chi connectivity index (χ3v) is 11.3. The van der Waals surface area contributed by atoms with E-state index in [9.17, 15) is 13.2 Å². The predicted molar refractivity (Wildman–Crippen MR) is 166 cm³/mol. The first kappa shape index (κ1) is 27.5. The van der Waals surface area contributed by atoms with Crippen LogP contribution >= 0.6 is 22.7 Å². The lowest BCUT2D eigenvalue weighted by Gasteiger charge is -2.13. The topological polar surface area (TPSA) is 136 Å². The number of hydrogen-bond donors (Lipinski definition) is 1. The van der Waals surface area contributed by atoms with Crippen LogP contribution in [0.2, 0.25) is 0 Å². The number of pyridine rings is 2. The molecule has 1 aliphatic rings. The van der Waals surface area contributed by atoms with Gasteiger partial charge in [0.2, 0.25) is 15.8 Å². The molecule has 5 aromatic heterocycles. The summed E-state index contributed by atoms with van der Waals surface area (Å²) in [6.07, 6.45) is 8.49. The lowest BCUT2D eigenvalue weighted by atomic mass is 9.98. The quantitative estimate of drug-likeness (QED) is 0.264. The van der Waals surface area contributed by atoms with Crippen LogP contribution in [0.1, 0.15) is 17.9 Å². The largest absolute Gasteiger partial charge is 0.324 e. The van der Waals surface area contributed by atoms with E-state index >= 15 is 0 Å². The van der Waals surface area contributed by atoms with Crippen molar-refractivity contribution in [2.75, 3.05) is 25.5 Å². The monoisotopic (exact) mass is 628 g/mol. The highest BCUT2D eigenvalue weighted by molar-refractivity contribution is 7.93. The number of fused-ring (bicyclic) bond motifs is 1. The van der Waals surface area contributed by atoms with Crippen molar-refractivity contribution in [2.24, 2.45) is 0 Å². The van der Waals surface area contributed by atoms with Gasteiger partial charge in [-0.05, 0) is 61.8 Å². The fraction of sp³-hybridized carbons (Fsp3) is 0.172. The zero-order valence-corrected chi connectivity index (χ0v) is 25.2. The molecule has 11 nitrogen and oxygen atoms in total. The van der Waals surface area contributed by atoms with Gasteiger partial charge in [0.25, 0.3) is 5.56 Å². The van der Waals surface area contributed by atoms with E-state index in [0.29, 0.717) is 28.0 Å². The SMILES string of the molecule is CN1CCC(c2ccc(Nc3ncc4cc(-c5ncc(S(=O)(=O)c6ccncc6)s5)c(=O)n(-c5nccs5)c4n3)cc2)C1. The van der Waals surface area contributed by atoms with Gasteiger partial charge in [-0.15, -0.1) is 22.7 Å². The molecule has 7 rings (SSSR count). The van der Waals surface area contributed by atoms with Gasteiger partial charge in [-0.1, -0.05) is 12.1 Å². The van der Waals surface area contributed by atoms with Crippen LogP contribution < -0.4 is 10.9 Å². The van der Waals surface area contributed by atoms with E-state index in [-0.39, 0.29) is 19.7 Å². The van der Waals surface area contributed by atoms with Crippen molar-refractivity contribution in [2.45, 2.75) is 21.4 Å². The first-order chi connectivity index (χ1) is 20.9. The van der Waals surface area contributed by atoms with Gasteiger partial charge in [-0.2, -0.15) is 4.98 Å². The first-order valence-electron chi connectivity index (χ1n) is 13.4. The molecule has 6 heterocycles. The van der Waals surface area contributed by atoms with Crippen LogP contribution in [0, 0.1) is 0 Å². The Balaban J connectivity index is 1.25. The molecule has 1 aliphatic heterocycles. The molecule has 6 aromatic rings. The van der Waals surface area contributed by atoms with Crippen molar-refractivity contribution in [3.05, 3.63) is 94.7 Å². The summed E-state index contributed by atoms with van der Waals surface area (Å²) in [5, 5.41) is 6.28. The highest BCUT2D eigenvalue weighted by Crippen LogP contribution is 2.32. The maximum Gasteiger partial charge on any atom is 0.268 e. The molecule has 0 saturated carbocycles. The minimum atomic E-state index is -3.82. The second-order valence-electron chi connectivity index (χ2n) is 10.2. The molecule has 0 aliphatic carbocycles. The molecule has 1 fully saturated rings. The third-order valence-electron chi connectivity index (χ3n) is 7.32. The third kappa shape index (κ3) is 5.22. The molecule has 1 saturated heterocycles. The van der Waals surface area contributed by atoms with Gasteiger partial charge in [-0.25, -0.2) is 27.9 Å². The van der Waals surface area contributed by atoms with Crippen LogP contribution in [-0.2, 0) is 9.84 Å². The van der Waals surface area contributed by atoms with E-state index in [0.717, 1.165) is 36.5 Å². The smallest absolute Gasteiger partial charge is 0.268 e. The van der Waals surface area contributed by atoms with Gasteiger partial charge in [0.05, 0.1) is 16.7 Å². The number of nitrogens with zero attached hydrogens (tertiary/aromatic N) is 7. The maximum absolute atomic E-state index is 13.9. The first-order valence-corrected chi connectivity index (χ1v) is 16.5. The van der Waals surface area contributed by atoms with E-state index in [1.165, 1.54) is 52.2 Å². The minimum absolute atomic E-state index is 0.0239. The number of likely N-dealkylation sites (N-methyl/N-ethyl adjacent to an activating group) is 1. The Bertz CT molecular complexity index is 2100. The van der Waals surface area contributed by atoms with Crippen LogP contribution in [0.5, 0.6) is 0 Å². The summed E-state index contributed by atoms with van der Waals surface area (Å²) in [4.78, 5) is 38.1. The molecular formula is C29H24N8O3S3. The van der Waals surface area contributed by atoms with Crippen molar-refractivity contribution in [3.63, 3.8) is 0 Å². The van der Waals surface area contributed by atoms with E-state index in [1.54, 1.807) is 23.8 Å². The fourth-order valence-electron chi connectivity index (χ4n) is 5.13. The van der Waals surface area contributed by atoms with Crippen molar-refractivity contribution in [1.82, 2.24) is 34.4 Å². The summed E-state index contributed by atoms with van der Waals surface area (Å²) in [5.41, 5.74) is 2.31. The number of benzene rings is 1. The zero-order valence-electron chi connectivity index (χ0n) is 22.8. The summed E-state index contributed by atoms with van der Waals surface area (Å²) in [5.74, 6) is 0.862. The van der Waals surface area contributed by atoms with Gasteiger partial charge in [-0.3, -0.25) is 9.78 Å². The molecule has 0 spiro atoms. The molecule has 1 aromatic carbocycles. The fourth-order valence-corrected chi connectivity index (χ4v) is 8.30. The van der Waals surface area contributed by atoms with Crippen molar-refractivity contribution in [3.8, 4) is 15.7 Å². The Morgan fingerprint density at radius 1 is 1.00 bits per heavy atom. The van der Waals surface area contributed by atoms with Crippen LogP contribution in [0.4, 0.5) is 11.6 Å². The standard InChI is InChI=1S/C29H24N8O3S3/c1-36-12-8-19(17-36)18-2-4-21(5-3-18)34-28-33-15-20-14-23(27(38)37(25(20)35-28)29-31-11-13-41-29)26-32-16-24(42-26)43(39,40)22-6-9-30-10-7-22/h2-7,9-11,13-16,19H,8,12,17H2,1H3,(H,33,34,35). The number of thiazole rings is 2. The molecule has 1 atom stereocenters. The Kier molecular flexibility index (Phi) is 7.05. The average Bonchev–Trinajstić information content (AvgIpc) is 3.81. The second kappa shape index (κ2) is 11.0. The number of rotatable bonds is 7. The number of hydrogen-bond acceptors (Lipinski definition) is 12. The second-order valence-corrected chi connectivity index (χ2v) is 14.2. The summed E-state index contributed by atoms with van der Waals surface area (Å²) in [6.45, 7) is 2.16. The minimum Gasteiger partial charge on any atom is -0.324 e. The summed E-state index contributed by atoms with van der Waals surface area (Å²) in [6, 6.07) is 12.8. The normalized spacial score (nSPS) is 15.7. The van der Waals surface area contributed by atoms with Crippen molar-refractivity contribution in [1.29, 1.82) is 0 Å². The number of aromatic nitrogens is 6. The number of nitrogens with one attached hydrogen (secondary N) is 1. The van der Waals surface area contributed by atoms with Crippen molar-refractivity contribution < 1.29 is 8.42 Å². The average molecular weight is 629 g/mol. The van der Waals surface area contributed by atoms with Crippen LogP contribution in [0.15, 0.2) is 92.7 Å². The molecule has 0 bridgehead atoms. The Morgan fingerprint density at radius 2 is 1.81 bits per heavy atom. The molecule has 1 unspecified atom stereocenters. The van der Waals surface area contributed by atoms with E-state index in [1.807, 2.05) is 12.1 Å². The van der Waals surface area contributed by atoms with Crippen LogP contribution in [0.25, 0.3) is 26.7 Å². The summed E-state index contributed by atoms with van der Waals surface area (Å²) in [7, 11) is -1.68. The maximum atomic E-state index is 13.9. The van der Waals surface area contributed by atoms with E-state index in [4.69, 9.17) is 4.98 Å². The Labute approximate surface area is 254 Å². The summed E-state index contributed by atoms with van der Waals surface area (Å²) < 4.78 is 27.7. The number of anilines is 2. The van der Waals surface area contributed by atoms with Gasteiger partial charge >= 0.3 is 0 Å². The number of sulfone groups is 1. The van der Waals surface area contributed by atoms with Crippen LogP contribution in [0.3, 0.4) is 0 Å². The molecule has 43 heavy (non-hydrogen) atoms. The molecule has 1 N–H and O–H groups in total. The molecule has 14 heteroatoms. The van der Waals surface area contributed by atoms with Gasteiger partial charge in [0.1, 0.15) is 9.22 Å². The highest BCUT2D eigenvalue weighted by Gasteiger charge is 2.24. The van der Waals surface area contributed by atoms with Crippen molar-refractivity contribution >= 4 is 55.2 Å². The van der Waals surface area contributed by atoms with Gasteiger partial charge < -0.3 is 10.2 Å².